The van der Waals surface area contributed by atoms with E-state index in [0.29, 0.717) is 18.8 Å². The molecule has 0 fully saturated rings. The Balaban J connectivity index is 2.39. The van der Waals surface area contributed by atoms with E-state index in [1.165, 1.54) is 11.1 Å². The molecule has 2 rings (SSSR count). The summed E-state index contributed by atoms with van der Waals surface area (Å²) in [4.78, 5) is 17.1. The number of amides is 1. The Labute approximate surface area is 118 Å². The molecule has 0 radical (unpaired) electrons. The molecule has 4 nitrogen and oxygen atoms in total. The van der Waals surface area contributed by atoms with E-state index in [2.05, 4.69) is 25.4 Å². The monoisotopic (exact) mass is 272 g/mol. The topological polar surface area (TPSA) is 56.3 Å². The predicted molar refractivity (Wildman–Crippen MR) is 81.0 cm³/mol. The van der Waals surface area contributed by atoms with Crippen LogP contribution in [-0.4, -0.2) is 40.6 Å². The number of rotatable bonds is 5. The van der Waals surface area contributed by atoms with Gasteiger partial charge in [-0.05, 0) is 37.1 Å². The van der Waals surface area contributed by atoms with E-state index in [4.69, 9.17) is 5.11 Å². The molecule has 0 atom stereocenters. The quantitative estimate of drug-likeness (QED) is 0.821. The van der Waals surface area contributed by atoms with Crippen molar-refractivity contribution in [2.75, 3.05) is 19.7 Å². The highest BCUT2D eigenvalue weighted by molar-refractivity contribution is 5.99. The van der Waals surface area contributed by atoms with Gasteiger partial charge in [0.25, 0.3) is 5.91 Å². The van der Waals surface area contributed by atoms with Gasteiger partial charge in [0.1, 0.15) is 5.69 Å². The third-order valence-electron chi connectivity index (χ3n) is 3.58. The molecule has 1 aromatic heterocycles. The number of benzene rings is 1. The second-order valence-electron chi connectivity index (χ2n) is 4.92. The Morgan fingerprint density at radius 3 is 2.85 bits per heavy atom. The van der Waals surface area contributed by atoms with Crippen LogP contribution in [0.1, 0.15) is 21.6 Å². The molecule has 0 unspecified atom stereocenters. The van der Waals surface area contributed by atoms with Crippen molar-refractivity contribution in [2.24, 2.45) is 0 Å². The number of carbonyl (C=O) groups is 1. The number of nitrogens with zero attached hydrogens (tertiary/aromatic N) is 1. The average molecular weight is 272 g/mol. The van der Waals surface area contributed by atoms with Crippen LogP contribution in [0.4, 0.5) is 0 Å². The lowest BCUT2D eigenvalue weighted by atomic mass is 10.1. The summed E-state index contributed by atoms with van der Waals surface area (Å²) in [5.41, 5.74) is 3.88. The Morgan fingerprint density at radius 1 is 1.45 bits per heavy atom. The summed E-state index contributed by atoms with van der Waals surface area (Å²) in [6, 6.07) is 5.91. The van der Waals surface area contributed by atoms with Crippen molar-refractivity contribution >= 4 is 16.8 Å². The summed E-state index contributed by atoms with van der Waals surface area (Å²) in [7, 11) is 0. The molecule has 1 amide bonds. The van der Waals surface area contributed by atoms with Gasteiger partial charge in [-0.15, -0.1) is 6.58 Å². The number of hydrogen-bond acceptors (Lipinski definition) is 2. The van der Waals surface area contributed by atoms with Crippen molar-refractivity contribution in [3.05, 3.63) is 47.7 Å². The third kappa shape index (κ3) is 2.60. The summed E-state index contributed by atoms with van der Waals surface area (Å²) in [5, 5.41) is 10.1. The highest BCUT2D eigenvalue weighted by Gasteiger charge is 2.17. The van der Waals surface area contributed by atoms with E-state index in [0.717, 1.165) is 10.9 Å². The maximum atomic E-state index is 12.4. The molecule has 2 aromatic rings. The first-order chi connectivity index (χ1) is 9.58. The maximum absolute atomic E-state index is 12.4. The van der Waals surface area contributed by atoms with Crippen molar-refractivity contribution in [2.45, 2.75) is 13.8 Å². The zero-order valence-corrected chi connectivity index (χ0v) is 11.9. The number of aliphatic hydroxyl groups excluding tert-OH is 1. The molecule has 0 bridgehead atoms. The Hall–Kier alpha value is -2.07. The number of H-pyrrole nitrogens is 1. The van der Waals surface area contributed by atoms with Gasteiger partial charge in [-0.25, -0.2) is 0 Å². The van der Waals surface area contributed by atoms with Crippen LogP contribution in [-0.2, 0) is 0 Å². The number of aromatic amines is 1. The van der Waals surface area contributed by atoms with Crippen LogP contribution < -0.4 is 0 Å². The van der Waals surface area contributed by atoms with E-state index in [1.54, 1.807) is 11.0 Å². The molecule has 4 heteroatoms. The molecule has 2 N–H and O–H groups in total. The summed E-state index contributed by atoms with van der Waals surface area (Å²) >= 11 is 0. The van der Waals surface area contributed by atoms with Crippen molar-refractivity contribution in [3.63, 3.8) is 0 Å². The van der Waals surface area contributed by atoms with Crippen molar-refractivity contribution in [1.29, 1.82) is 0 Å². The molecule has 1 heterocycles. The first kappa shape index (κ1) is 14.3. The lowest BCUT2D eigenvalue weighted by molar-refractivity contribution is 0.0738. The number of hydrogen-bond donors (Lipinski definition) is 2. The fourth-order valence-corrected chi connectivity index (χ4v) is 2.30. The molecule has 0 aliphatic carbocycles. The minimum Gasteiger partial charge on any atom is -0.395 e. The number of aryl methyl sites for hydroxylation is 2. The molecule has 1 aromatic carbocycles. The summed E-state index contributed by atoms with van der Waals surface area (Å²) in [6.45, 7) is 8.42. The number of aliphatic hydroxyl groups is 1. The van der Waals surface area contributed by atoms with Gasteiger partial charge in [0, 0.05) is 24.0 Å². The lowest BCUT2D eigenvalue weighted by Crippen LogP contribution is -2.33. The molecule has 0 saturated carbocycles. The number of nitrogens with one attached hydrogen (secondary N) is 1. The smallest absolute Gasteiger partial charge is 0.270 e. The summed E-state index contributed by atoms with van der Waals surface area (Å²) < 4.78 is 0. The Bertz CT molecular complexity index is 643. The molecule has 0 saturated heterocycles. The van der Waals surface area contributed by atoms with Crippen LogP contribution in [0.25, 0.3) is 10.9 Å². The average Bonchev–Trinajstić information content (AvgIpc) is 2.87. The second-order valence-corrected chi connectivity index (χ2v) is 4.92. The van der Waals surface area contributed by atoms with Crippen LogP contribution >= 0.6 is 0 Å². The summed E-state index contributed by atoms with van der Waals surface area (Å²) in [5.74, 6) is -0.118. The number of aromatic nitrogens is 1. The standard InChI is InChI=1S/C16H20N2O2/c1-4-7-18(8-9-19)16(20)15-10-13-12(3)11(2)5-6-14(13)17-15/h4-6,10,17,19H,1,7-9H2,2-3H3. The number of carbonyl (C=O) groups excluding carboxylic acids is 1. The first-order valence-corrected chi connectivity index (χ1v) is 6.68. The minimum absolute atomic E-state index is 0.0576. The molecule has 20 heavy (non-hydrogen) atoms. The number of fused-ring (bicyclic) bond motifs is 1. The second kappa shape index (κ2) is 5.92. The maximum Gasteiger partial charge on any atom is 0.270 e. The highest BCUT2D eigenvalue weighted by atomic mass is 16.3. The van der Waals surface area contributed by atoms with Gasteiger partial charge in [0.15, 0.2) is 0 Å². The van der Waals surface area contributed by atoms with E-state index in [1.807, 2.05) is 18.2 Å². The van der Waals surface area contributed by atoms with Crippen molar-refractivity contribution < 1.29 is 9.90 Å². The molecule has 0 spiro atoms. The van der Waals surface area contributed by atoms with E-state index in [-0.39, 0.29) is 12.5 Å². The van der Waals surface area contributed by atoms with Crippen LogP contribution in [0.2, 0.25) is 0 Å². The van der Waals surface area contributed by atoms with Crippen LogP contribution in [0.15, 0.2) is 30.9 Å². The zero-order valence-electron chi connectivity index (χ0n) is 11.9. The Morgan fingerprint density at radius 2 is 2.20 bits per heavy atom. The van der Waals surface area contributed by atoms with Gasteiger partial charge in [-0.1, -0.05) is 12.1 Å². The normalized spacial score (nSPS) is 10.8. The van der Waals surface area contributed by atoms with E-state index in [9.17, 15) is 4.79 Å². The van der Waals surface area contributed by atoms with Gasteiger partial charge >= 0.3 is 0 Å². The fourth-order valence-electron chi connectivity index (χ4n) is 2.30. The predicted octanol–water partition coefficient (Wildman–Crippen LogP) is 2.41. The van der Waals surface area contributed by atoms with Crippen LogP contribution in [0, 0.1) is 13.8 Å². The van der Waals surface area contributed by atoms with Gasteiger partial charge in [-0.3, -0.25) is 4.79 Å². The van der Waals surface area contributed by atoms with Crippen LogP contribution in [0.5, 0.6) is 0 Å². The molecule has 0 aliphatic heterocycles. The van der Waals surface area contributed by atoms with E-state index < -0.39 is 0 Å². The SMILES string of the molecule is C=CCN(CCO)C(=O)c1cc2c(C)c(C)ccc2[nH]1. The molecular formula is C16H20N2O2. The first-order valence-electron chi connectivity index (χ1n) is 6.68. The van der Waals surface area contributed by atoms with Gasteiger partial charge in [0.05, 0.1) is 6.61 Å². The van der Waals surface area contributed by atoms with Gasteiger partial charge in [-0.2, -0.15) is 0 Å². The van der Waals surface area contributed by atoms with Crippen molar-refractivity contribution in [3.8, 4) is 0 Å². The summed E-state index contributed by atoms with van der Waals surface area (Å²) in [6.07, 6.45) is 1.66. The lowest BCUT2D eigenvalue weighted by Gasteiger charge is -2.18. The van der Waals surface area contributed by atoms with Crippen LogP contribution in [0.3, 0.4) is 0 Å². The largest absolute Gasteiger partial charge is 0.395 e. The zero-order chi connectivity index (χ0) is 14.7. The third-order valence-corrected chi connectivity index (χ3v) is 3.58. The molecule has 0 aliphatic rings. The van der Waals surface area contributed by atoms with E-state index >= 15 is 0 Å². The Kier molecular flexibility index (Phi) is 4.25. The van der Waals surface area contributed by atoms with Gasteiger partial charge in [0.2, 0.25) is 0 Å². The molecular weight excluding hydrogens is 252 g/mol. The minimum atomic E-state index is -0.118. The highest BCUT2D eigenvalue weighted by Crippen LogP contribution is 2.23. The molecule has 106 valence electrons. The van der Waals surface area contributed by atoms with Crippen molar-refractivity contribution in [1.82, 2.24) is 9.88 Å². The van der Waals surface area contributed by atoms with Gasteiger partial charge < -0.3 is 15.0 Å². The fraction of sp³-hybridized carbons (Fsp3) is 0.312.